The van der Waals surface area contributed by atoms with Crippen LogP contribution in [-0.2, 0) is 6.54 Å². The Morgan fingerprint density at radius 3 is 2.74 bits per heavy atom. The molecule has 1 heterocycles. The zero-order chi connectivity index (χ0) is 14.0. The molecule has 5 heteroatoms. The maximum absolute atomic E-state index is 6.27. The predicted octanol–water partition coefficient (Wildman–Crippen LogP) is 3.76. The van der Waals surface area contributed by atoms with Crippen molar-refractivity contribution in [2.75, 3.05) is 11.9 Å². The summed E-state index contributed by atoms with van der Waals surface area (Å²) < 4.78 is 0. The Morgan fingerprint density at radius 1 is 1.47 bits per heavy atom. The largest absolute Gasteiger partial charge is 0.369 e. The lowest BCUT2D eigenvalue weighted by atomic mass is 10.1. The Kier molecular flexibility index (Phi) is 4.45. The van der Waals surface area contributed by atoms with Gasteiger partial charge in [-0.3, -0.25) is 0 Å². The third-order valence-electron chi connectivity index (χ3n) is 3.14. The number of aryl methyl sites for hydroxylation is 1. The molecule has 0 aliphatic carbocycles. The fraction of sp³-hybridized carbons (Fsp3) is 0.357. The van der Waals surface area contributed by atoms with Gasteiger partial charge in [0.05, 0.1) is 17.7 Å². The van der Waals surface area contributed by atoms with E-state index in [1.165, 1.54) is 4.88 Å². The highest BCUT2D eigenvalue weighted by molar-refractivity contribution is 7.09. The SMILES string of the molecule is Cc1ncsc1CN(C)c1ccc(C(C)N)c(Cl)c1. The minimum absolute atomic E-state index is 0.0457. The molecular formula is C14H18ClN3S. The van der Waals surface area contributed by atoms with Crippen LogP contribution in [0.1, 0.15) is 29.1 Å². The van der Waals surface area contributed by atoms with Gasteiger partial charge in [-0.05, 0) is 31.5 Å². The second kappa shape index (κ2) is 5.90. The third kappa shape index (κ3) is 3.26. The van der Waals surface area contributed by atoms with E-state index in [0.717, 1.165) is 28.5 Å². The number of rotatable bonds is 4. The Hall–Kier alpha value is -1.10. The molecule has 0 aliphatic heterocycles. The molecule has 0 fully saturated rings. The molecule has 0 saturated heterocycles. The van der Waals surface area contributed by atoms with E-state index in [1.54, 1.807) is 11.3 Å². The molecular weight excluding hydrogens is 278 g/mol. The molecule has 0 bridgehead atoms. The lowest BCUT2D eigenvalue weighted by molar-refractivity contribution is 0.817. The first-order valence-corrected chi connectivity index (χ1v) is 7.40. The van der Waals surface area contributed by atoms with Crippen molar-refractivity contribution in [3.05, 3.63) is 44.9 Å². The first kappa shape index (κ1) is 14.3. The van der Waals surface area contributed by atoms with E-state index in [9.17, 15) is 0 Å². The van der Waals surface area contributed by atoms with E-state index in [0.29, 0.717) is 0 Å². The molecule has 0 spiro atoms. The highest BCUT2D eigenvalue weighted by Crippen LogP contribution is 2.27. The first-order valence-electron chi connectivity index (χ1n) is 6.14. The average Bonchev–Trinajstić information content (AvgIpc) is 2.74. The van der Waals surface area contributed by atoms with Gasteiger partial charge in [-0.1, -0.05) is 17.7 Å². The molecule has 1 unspecified atom stereocenters. The monoisotopic (exact) mass is 295 g/mol. The molecule has 1 aromatic carbocycles. The molecule has 0 amide bonds. The van der Waals surface area contributed by atoms with Crippen LogP contribution in [0.25, 0.3) is 0 Å². The summed E-state index contributed by atoms with van der Waals surface area (Å²) in [6.45, 7) is 4.81. The highest BCUT2D eigenvalue weighted by atomic mass is 35.5. The van der Waals surface area contributed by atoms with Gasteiger partial charge in [0.15, 0.2) is 0 Å². The average molecular weight is 296 g/mol. The van der Waals surface area contributed by atoms with Crippen LogP contribution in [-0.4, -0.2) is 12.0 Å². The van der Waals surface area contributed by atoms with Crippen molar-refractivity contribution < 1.29 is 0 Å². The van der Waals surface area contributed by atoms with E-state index >= 15 is 0 Å². The Morgan fingerprint density at radius 2 is 2.21 bits per heavy atom. The summed E-state index contributed by atoms with van der Waals surface area (Å²) in [6, 6.07) is 5.98. The van der Waals surface area contributed by atoms with Gasteiger partial charge < -0.3 is 10.6 Å². The molecule has 0 radical (unpaired) electrons. The number of thiazole rings is 1. The predicted molar refractivity (Wildman–Crippen MR) is 83.0 cm³/mol. The van der Waals surface area contributed by atoms with Crippen LogP contribution in [0.3, 0.4) is 0 Å². The van der Waals surface area contributed by atoms with Gasteiger partial charge in [-0.2, -0.15) is 0 Å². The number of nitrogens with two attached hydrogens (primary N) is 1. The van der Waals surface area contributed by atoms with Gasteiger partial charge >= 0.3 is 0 Å². The van der Waals surface area contributed by atoms with Crippen molar-refractivity contribution in [1.82, 2.24) is 4.98 Å². The van der Waals surface area contributed by atoms with E-state index in [1.807, 2.05) is 31.5 Å². The van der Waals surface area contributed by atoms with Crippen LogP contribution < -0.4 is 10.6 Å². The van der Waals surface area contributed by atoms with Crippen molar-refractivity contribution in [3.63, 3.8) is 0 Å². The zero-order valence-electron chi connectivity index (χ0n) is 11.4. The molecule has 1 atom stereocenters. The Balaban J connectivity index is 2.18. The summed E-state index contributed by atoms with van der Waals surface area (Å²) in [5.41, 5.74) is 10.9. The molecule has 0 saturated carbocycles. The molecule has 2 aromatic rings. The Labute approximate surface area is 123 Å². The number of anilines is 1. The highest BCUT2D eigenvalue weighted by Gasteiger charge is 2.10. The molecule has 2 N–H and O–H groups in total. The number of benzene rings is 1. The van der Waals surface area contributed by atoms with Gasteiger partial charge in [-0.25, -0.2) is 4.98 Å². The van der Waals surface area contributed by atoms with Crippen LogP contribution in [0.4, 0.5) is 5.69 Å². The van der Waals surface area contributed by atoms with Crippen molar-refractivity contribution in [3.8, 4) is 0 Å². The summed E-state index contributed by atoms with van der Waals surface area (Å²) in [5, 5.41) is 0.723. The van der Waals surface area contributed by atoms with Gasteiger partial charge in [0.1, 0.15) is 0 Å². The molecule has 2 rings (SSSR count). The number of hydrogen-bond acceptors (Lipinski definition) is 4. The van der Waals surface area contributed by atoms with Crippen molar-refractivity contribution in [2.45, 2.75) is 26.4 Å². The normalized spacial score (nSPS) is 12.5. The van der Waals surface area contributed by atoms with Crippen LogP contribution in [0.5, 0.6) is 0 Å². The Bertz CT molecular complexity index is 566. The van der Waals surface area contributed by atoms with Crippen molar-refractivity contribution in [2.24, 2.45) is 5.73 Å². The molecule has 3 nitrogen and oxygen atoms in total. The molecule has 102 valence electrons. The standard InChI is InChI=1S/C14H18ClN3S/c1-9(16)12-5-4-11(6-13(12)15)18(3)7-14-10(2)17-8-19-14/h4-6,8-9H,7,16H2,1-3H3. The minimum Gasteiger partial charge on any atom is -0.369 e. The van der Waals surface area contributed by atoms with E-state index in [2.05, 4.69) is 23.0 Å². The van der Waals surface area contributed by atoms with Gasteiger partial charge in [0.2, 0.25) is 0 Å². The topological polar surface area (TPSA) is 42.2 Å². The fourth-order valence-electron chi connectivity index (χ4n) is 1.91. The zero-order valence-corrected chi connectivity index (χ0v) is 12.9. The maximum Gasteiger partial charge on any atom is 0.0798 e. The second-order valence-electron chi connectivity index (χ2n) is 4.71. The van der Waals surface area contributed by atoms with Crippen LogP contribution in [0, 0.1) is 6.92 Å². The summed E-state index contributed by atoms with van der Waals surface area (Å²) in [7, 11) is 2.05. The van der Waals surface area contributed by atoms with Crippen LogP contribution in [0.2, 0.25) is 5.02 Å². The third-order valence-corrected chi connectivity index (χ3v) is 4.39. The summed E-state index contributed by atoms with van der Waals surface area (Å²) in [6.07, 6.45) is 0. The number of hydrogen-bond donors (Lipinski definition) is 1. The second-order valence-corrected chi connectivity index (χ2v) is 6.06. The molecule has 19 heavy (non-hydrogen) atoms. The summed E-state index contributed by atoms with van der Waals surface area (Å²) in [5.74, 6) is 0. The number of nitrogens with zero attached hydrogens (tertiary/aromatic N) is 2. The van der Waals surface area contributed by atoms with Gasteiger partial charge in [-0.15, -0.1) is 11.3 Å². The summed E-state index contributed by atoms with van der Waals surface area (Å²) in [4.78, 5) is 7.70. The fourth-order valence-corrected chi connectivity index (χ4v) is 3.08. The van der Waals surface area contributed by atoms with Gasteiger partial charge in [0, 0.05) is 28.7 Å². The molecule has 0 aliphatic rings. The minimum atomic E-state index is -0.0457. The van der Waals surface area contributed by atoms with Crippen LogP contribution >= 0.6 is 22.9 Å². The molecule has 1 aromatic heterocycles. The van der Waals surface area contributed by atoms with Crippen molar-refractivity contribution in [1.29, 1.82) is 0 Å². The van der Waals surface area contributed by atoms with Gasteiger partial charge in [0.25, 0.3) is 0 Å². The quantitative estimate of drug-likeness (QED) is 0.934. The lowest BCUT2D eigenvalue weighted by Crippen LogP contribution is -2.16. The first-order chi connectivity index (χ1) is 8.99. The van der Waals surface area contributed by atoms with E-state index < -0.39 is 0 Å². The van der Waals surface area contributed by atoms with E-state index in [4.69, 9.17) is 17.3 Å². The smallest absolute Gasteiger partial charge is 0.0798 e. The number of halogens is 1. The summed E-state index contributed by atoms with van der Waals surface area (Å²) >= 11 is 7.94. The lowest BCUT2D eigenvalue weighted by Gasteiger charge is -2.20. The van der Waals surface area contributed by atoms with E-state index in [-0.39, 0.29) is 6.04 Å². The van der Waals surface area contributed by atoms with Crippen molar-refractivity contribution >= 4 is 28.6 Å². The van der Waals surface area contributed by atoms with Crippen LogP contribution in [0.15, 0.2) is 23.7 Å². The number of aromatic nitrogens is 1. The maximum atomic E-state index is 6.27.